The molecule has 0 saturated carbocycles. The van der Waals surface area contributed by atoms with Gasteiger partial charge in [0, 0.05) is 12.2 Å². The number of likely N-dealkylation sites (N-methyl/N-ethyl adjacent to an activating group) is 1. The average molecular weight is 368 g/mol. The Kier molecular flexibility index (Phi) is 10.5. The molecule has 5 heteroatoms. The van der Waals surface area contributed by atoms with E-state index in [1.807, 2.05) is 37.4 Å². The van der Waals surface area contributed by atoms with Gasteiger partial charge in [0.15, 0.2) is 0 Å². The molecule has 0 amide bonds. The first kappa shape index (κ1) is 22.4. The van der Waals surface area contributed by atoms with Crippen LogP contribution in [0.4, 0.5) is 0 Å². The van der Waals surface area contributed by atoms with Crippen LogP contribution in [0.3, 0.4) is 0 Å². The van der Waals surface area contributed by atoms with Gasteiger partial charge in [0.1, 0.15) is 11.7 Å². The van der Waals surface area contributed by atoms with Crippen molar-refractivity contribution < 1.29 is 0 Å². The zero-order valence-corrected chi connectivity index (χ0v) is 17.0. The molecule has 5 nitrogen and oxygen atoms in total. The number of nitrogens with zero attached hydrogens (tertiary/aromatic N) is 3. The van der Waals surface area contributed by atoms with Gasteiger partial charge in [-0.25, -0.2) is 4.98 Å². The predicted molar refractivity (Wildman–Crippen MR) is 118 cm³/mol. The number of rotatable bonds is 9. The van der Waals surface area contributed by atoms with Crippen molar-refractivity contribution in [2.45, 2.75) is 33.2 Å². The topological polar surface area (TPSA) is 56.3 Å². The van der Waals surface area contributed by atoms with E-state index in [2.05, 4.69) is 58.8 Å². The van der Waals surface area contributed by atoms with Gasteiger partial charge in [0.25, 0.3) is 0 Å². The first-order chi connectivity index (χ1) is 13.0. The molecule has 0 spiro atoms. The van der Waals surface area contributed by atoms with Crippen molar-refractivity contribution in [3.05, 3.63) is 67.7 Å². The van der Waals surface area contributed by atoms with Crippen molar-refractivity contribution in [3.8, 4) is 0 Å². The number of imidazole rings is 1. The van der Waals surface area contributed by atoms with E-state index in [1.54, 1.807) is 6.08 Å². The van der Waals surface area contributed by atoms with Gasteiger partial charge < -0.3 is 10.3 Å². The Morgan fingerprint density at radius 1 is 1.30 bits per heavy atom. The van der Waals surface area contributed by atoms with Crippen LogP contribution in [-0.4, -0.2) is 40.8 Å². The number of aliphatic imine (C=N–C) groups is 1. The summed E-state index contributed by atoms with van der Waals surface area (Å²) in [6, 6.07) is 8.06. The van der Waals surface area contributed by atoms with Crippen molar-refractivity contribution in [3.63, 3.8) is 0 Å². The molecule has 0 saturated heterocycles. The van der Waals surface area contributed by atoms with Crippen LogP contribution in [0.1, 0.15) is 32.5 Å². The normalized spacial score (nSPS) is 11.0. The van der Waals surface area contributed by atoms with E-state index in [0.29, 0.717) is 6.54 Å². The van der Waals surface area contributed by atoms with Crippen LogP contribution in [0.15, 0.2) is 66.8 Å². The number of aromatic nitrogens is 2. The number of aromatic amines is 1. The summed E-state index contributed by atoms with van der Waals surface area (Å²) in [6.45, 7) is 17.5. The lowest BCUT2D eigenvalue weighted by molar-refractivity contribution is 0.362. The van der Waals surface area contributed by atoms with Crippen LogP contribution in [0.2, 0.25) is 0 Å². The lowest BCUT2D eigenvalue weighted by atomic mass is 10.3. The Hall–Kier alpha value is -2.66. The maximum absolute atomic E-state index is 4.61. The highest BCUT2D eigenvalue weighted by molar-refractivity contribution is 5.86. The average Bonchev–Trinajstić information content (AvgIpc) is 3.08. The number of allylic oxidation sites excluding steroid dienone is 2. The molecule has 0 aliphatic heterocycles. The van der Waals surface area contributed by atoms with Gasteiger partial charge in [-0.15, -0.1) is 6.58 Å². The predicted octanol–water partition coefficient (Wildman–Crippen LogP) is 4.67. The third-order valence-electron chi connectivity index (χ3n) is 3.64. The molecule has 0 atom stereocenters. The Morgan fingerprint density at radius 2 is 2.00 bits per heavy atom. The summed E-state index contributed by atoms with van der Waals surface area (Å²) in [5, 5.41) is 3.21. The van der Waals surface area contributed by atoms with E-state index in [9.17, 15) is 0 Å². The van der Waals surface area contributed by atoms with E-state index < -0.39 is 0 Å². The van der Waals surface area contributed by atoms with E-state index in [-0.39, 0.29) is 0 Å². The fourth-order valence-corrected chi connectivity index (χ4v) is 2.26. The lowest BCUT2D eigenvalue weighted by Crippen LogP contribution is -2.34. The molecule has 0 fully saturated rings. The second-order valence-electron chi connectivity index (χ2n) is 6.25. The van der Waals surface area contributed by atoms with Crippen molar-refractivity contribution in [1.29, 1.82) is 0 Å². The van der Waals surface area contributed by atoms with Gasteiger partial charge in [0.05, 0.1) is 24.1 Å². The van der Waals surface area contributed by atoms with Gasteiger partial charge >= 0.3 is 0 Å². The largest absolute Gasteiger partial charge is 0.344 e. The van der Waals surface area contributed by atoms with E-state index >= 15 is 0 Å². The number of fused-ring (bicyclic) bond motifs is 1. The van der Waals surface area contributed by atoms with Crippen molar-refractivity contribution >= 4 is 16.9 Å². The molecule has 1 aromatic heterocycles. The van der Waals surface area contributed by atoms with Gasteiger partial charge in [-0.2, -0.15) is 0 Å². The minimum Gasteiger partial charge on any atom is -0.344 e. The Balaban J connectivity index is 0.000000828. The molecule has 2 rings (SSSR count). The number of para-hydroxylation sites is 2. The van der Waals surface area contributed by atoms with Gasteiger partial charge in [-0.3, -0.25) is 9.89 Å². The Bertz CT molecular complexity index is 724. The first-order valence-corrected chi connectivity index (χ1v) is 9.38. The maximum atomic E-state index is 4.61. The molecule has 0 aliphatic rings. The molecule has 1 heterocycles. The number of hydrogen-bond donors (Lipinski definition) is 2. The third-order valence-corrected chi connectivity index (χ3v) is 3.64. The lowest BCUT2D eigenvalue weighted by Gasteiger charge is -2.18. The molecule has 0 bridgehead atoms. The highest BCUT2D eigenvalue weighted by atomic mass is 15.2. The first-order valence-electron chi connectivity index (χ1n) is 9.38. The van der Waals surface area contributed by atoms with E-state index in [4.69, 9.17) is 0 Å². The molecular weight excluding hydrogens is 334 g/mol. The van der Waals surface area contributed by atoms with Crippen molar-refractivity contribution in [2.24, 2.45) is 4.99 Å². The Morgan fingerprint density at radius 3 is 2.59 bits per heavy atom. The number of hydrogen-bond acceptors (Lipinski definition) is 3. The minimum atomic E-state index is 0.698. The van der Waals surface area contributed by atoms with E-state index in [0.717, 1.165) is 54.3 Å². The maximum Gasteiger partial charge on any atom is 0.121 e. The highest BCUT2D eigenvalue weighted by Crippen LogP contribution is 2.11. The van der Waals surface area contributed by atoms with Gasteiger partial charge in [-0.1, -0.05) is 45.2 Å². The smallest absolute Gasteiger partial charge is 0.121 e. The number of nitrogens with one attached hydrogen (secondary N) is 2. The highest BCUT2D eigenvalue weighted by Gasteiger charge is 2.09. The molecule has 1 aromatic carbocycles. The molecule has 27 heavy (non-hydrogen) atoms. The minimum absolute atomic E-state index is 0.698. The quantitative estimate of drug-likeness (QED) is 0.293. The number of H-pyrrole nitrogens is 1. The van der Waals surface area contributed by atoms with Crippen LogP contribution in [0.5, 0.6) is 0 Å². The third kappa shape index (κ3) is 8.51. The standard InChI is InChI=1S/C18H25N5.C4H8/c1-5-11-19-17(20-14(3)6-2)12-23(4)13-18-21-15-9-7-8-10-16(15)22-18;1-3-4-2/h6-10H,2-3,5,11-13H2,1,4H3,(H,19,20)(H,21,22);3H,1,4H2,2H3. The van der Waals surface area contributed by atoms with Crippen molar-refractivity contribution in [1.82, 2.24) is 20.2 Å². The fraction of sp³-hybridized carbons (Fsp3) is 0.364. The summed E-state index contributed by atoms with van der Waals surface area (Å²) in [7, 11) is 2.05. The Labute approximate surface area is 163 Å². The van der Waals surface area contributed by atoms with E-state index in [1.165, 1.54) is 0 Å². The van der Waals surface area contributed by atoms with Gasteiger partial charge in [0.2, 0.25) is 0 Å². The van der Waals surface area contributed by atoms with Crippen LogP contribution < -0.4 is 5.32 Å². The number of benzene rings is 1. The van der Waals surface area contributed by atoms with Crippen molar-refractivity contribution in [2.75, 3.05) is 20.1 Å². The molecule has 2 N–H and O–H groups in total. The molecule has 0 radical (unpaired) electrons. The van der Waals surface area contributed by atoms with Crippen LogP contribution in [-0.2, 0) is 6.54 Å². The summed E-state index contributed by atoms with van der Waals surface area (Å²) < 4.78 is 0. The second kappa shape index (κ2) is 12.7. The molecule has 2 aromatic rings. The summed E-state index contributed by atoms with van der Waals surface area (Å²) >= 11 is 0. The zero-order valence-electron chi connectivity index (χ0n) is 17.0. The summed E-state index contributed by atoms with van der Waals surface area (Å²) in [6.07, 6.45) is 5.67. The SMILES string of the molecule is C=CC(=C)NC(CN(C)Cc1nc2ccccc2[nH]1)=NCCC.C=CCC. The molecule has 0 unspecified atom stereocenters. The molecular formula is C22H33N5. The number of amidine groups is 1. The monoisotopic (exact) mass is 367 g/mol. The van der Waals surface area contributed by atoms with Gasteiger partial charge in [-0.05, 0) is 38.1 Å². The van der Waals surface area contributed by atoms with Crippen LogP contribution in [0.25, 0.3) is 11.0 Å². The summed E-state index contributed by atoms with van der Waals surface area (Å²) in [4.78, 5) is 14.7. The van der Waals surface area contributed by atoms with Crippen LogP contribution >= 0.6 is 0 Å². The zero-order chi connectivity index (χ0) is 20.1. The summed E-state index contributed by atoms with van der Waals surface area (Å²) in [5.41, 5.74) is 2.82. The molecule has 146 valence electrons. The molecule has 0 aliphatic carbocycles. The summed E-state index contributed by atoms with van der Waals surface area (Å²) in [5.74, 6) is 1.85. The fourth-order valence-electron chi connectivity index (χ4n) is 2.26. The van der Waals surface area contributed by atoms with Crippen LogP contribution in [0, 0.1) is 0 Å². The second-order valence-corrected chi connectivity index (χ2v) is 6.25.